The first-order valence-electron chi connectivity index (χ1n) is 6.87. The lowest BCUT2D eigenvalue weighted by Crippen LogP contribution is -2.36. The molecule has 1 aromatic rings. The third-order valence-corrected chi connectivity index (χ3v) is 3.79. The van der Waals surface area contributed by atoms with Gasteiger partial charge in [0.25, 0.3) is 5.91 Å². The second-order valence-corrected chi connectivity index (χ2v) is 5.20. The summed E-state index contributed by atoms with van der Waals surface area (Å²) in [6, 6.07) is 5.81. The van der Waals surface area contributed by atoms with E-state index in [0.29, 0.717) is 12.1 Å². The highest BCUT2D eigenvalue weighted by Crippen LogP contribution is 2.23. The van der Waals surface area contributed by atoms with Crippen LogP contribution >= 0.6 is 0 Å². The molecule has 0 bridgehead atoms. The van der Waals surface area contributed by atoms with Crippen LogP contribution < -0.4 is 5.32 Å². The molecule has 0 aliphatic heterocycles. The lowest BCUT2D eigenvalue weighted by molar-refractivity contribution is 0.0660. The molecule has 1 fully saturated rings. The summed E-state index contributed by atoms with van der Waals surface area (Å²) in [5, 5.41) is 21.4. The quantitative estimate of drug-likeness (QED) is 0.781. The fourth-order valence-corrected chi connectivity index (χ4v) is 2.52. The summed E-state index contributed by atoms with van der Waals surface area (Å²) < 4.78 is 0. The van der Waals surface area contributed by atoms with E-state index in [0.717, 1.165) is 25.7 Å². The van der Waals surface area contributed by atoms with E-state index in [-0.39, 0.29) is 23.5 Å². The van der Waals surface area contributed by atoms with Crippen LogP contribution in [0.1, 0.15) is 46.4 Å². The van der Waals surface area contributed by atoms with E-state index in [1.165, 1.54) is 24.3 Å². The number of carbonyl (C=O) groups is 2. The number of aliphatic hydroxyl groups excluding tert-OH is 1. The molecule has 20 heavy (non-hydrogen) atoms. The molecule has 108 valence electrons. The zero-order valence-corrected chi connectivity index (χ0v) is 11.2. The van der Waals surface area contributed by atoms with Gasteiger partial charge in [-0.25, -0.2) is 4.79 Å². The van der Waals surface area contributed by atoms with E-state index < -0.39 is 5.97 Å². The van der Waals surface area contributed by atoms with Gasteiger partial charge in [-0.1, -0.05) is 12.8 Å². The van der Waals surface area contributed by atoms with Gasteiger partial charge in [-0.15, -0.1) is 0 Å². The minimum absolute atomic E-state index is 0.117. The van der Waals surface area contributed by atoms with Crippen LogP contribution in [0.25, 0.3) is 0 Å². The summed E-state index contributed by atoms with van der Waals surface area (Å²) >= 11 is 0. The number of carbonyl (C=O) groups excluding carboxylic acids is 1. The SMILES string of the molecule is O=C(O)c1ccc(C(=O)NC[C@@H]2CCCC[C@@H]2O)cc1. The standard InChI is InChI=1S/C15H19NO4/c17-13-4-2-1-3-12(13)9-16-14(18)10-5-7-11(8-6-10)15(19)20/h5-8,12-13,17H,1-4,9H2,(H,16,18)(H,19,20)/t12-,13-/m0/s1. The molecule has 0 unspecified atom stereocenters. The van der Waals surface area contributed by atoms with Crippen molar-refractivity contribution < 1.29 is 19.8 Å². The van der Waals surface area contributed by atoms with Crippen molar-refractivity contribution in [3.05, 3.63) is 35.4 Å². The second kappa shape index (κ2) is 6.52. The molecule has 0 spiro atoms. The molecular weight excluding hydrogens is 258 g/mol. The van der Waals surface area contributed by atoms with Crippen molar-refractivity contribution in [2.75, 3.05) is 6.54 Å². The summed E-state index contributed by atoms with van der Waals surface area (Å²) in [6.45, 7) is 0.459. The Kier molecular flexibility index (Phi) is 4.74. The lowest BCUT2D eigenvalue weighted by atomic mass is 9.86. The number of benzene rings is 1. The monoisotopic (exact) mass is 277 g/mol. The van der Waals surface area contributed by atoms with Gasteiger partial charge in [0.1, 0.15) is 0 Å². The lowest BCUT2D eigenvalue weighted by Gasteiger charge is -2.27. The van der Waals surface area contributed by atoms with Gasteiger partial charge in [-0.05, 0) is 37.1 Å². The van der Waals surface area contributed by atoms with Crippen molar-refractivity contribution in [3.8, 4) is 0 Å². The van der Waals surface area contributed by atoms with Crippen LogP contribution in [0.3, 0.4) is 0 Å². The fourth-order valence-electron chi connectivity index (χ4n) is 2.52. The van der Waals surface area contributed by atoms with Crippen LogP contribution in [0.15, 0.2) is 24.3 Å². The van der Waals surface area contributed by atoms with E-state index in [9.17, 15) is 14.7 Å². The molecule has 1 amide bonds. The average Bonchev–Trinajstić information content (AvgIpc) is 2.46. The number of amides is 1. The Bertz CT molecular complexity index is 483. The zero-order valence-electron chi connectivity index (χ0n) is 11.2. The van der Waals surface area contributed by atoms with Gasteiger partial charge in [-0.2, -0.15) is 0 Å². The molecule has 2 rings (SSSR count). The predicted molar refractivity (Wildman–Crippen MR) is 73.7 cm³/mol. The number of hydrogen-bond donors (Lipinski definition) is 3. The van der Waals surface area contributed by atoms with Gasteiger partial charge in [0.15, 0.2) is 0 Å². The molecular formula is C15H19NO4. The maximum absolute atomic E-state index is 11.9. The minimum atomic E-state index is -1.01. The van der Waals surface area contributed by atoms with Crippen molar-refractivity contribution in [2.45, 2.75) is 31.8 Å². The van der Waals surface area contributed by atoms with E-state index in [4.69, 9.17) is 5.11 Å². The molecule has 5 nitrogen and oxygen atoms in total. The Morgan fingerprint density at radius 1 is 1.10 bits per heavy atom. The normalized spacial score (nSPS) is 22.2. The summed E-state index contributed by atoms with van der Waals surface area (Å²) in [5.74, 6) is -1.13. The van der Waals surface area contributed by atoms with Gasteiger partial charge in [-0.3, -0.25) is 4.79 Å². The van der Waals surface area contributed by atoms with Gasteiger partial charge in [0, 0.05) is 18.0 Å². The largest absolute Gasteiger partial charge is 0.478 e. The highest BCUT2D eigenvalue weighted by Gasteiger charge is 2.23. The van der Waals surface area contributed by atoms with Crippen molar-refractivity contribution >= 4 is 11.9 Å². The molecule has 1 aromatic carbocycles. The molecule has 0 aromatic heterocycles. The van der Waals surface area contributed by atoms with E-state index in [1.54, 1.807) is 0 Å². The summed E-state index contributed by atoms with van der Waals surface area (Å²) in [7, 11) is 0. The average molecular weight is 277 g/mol. The Balaban J connectivity index is 1.89. The second-order valence-electron chi connectivity index (χ2n) is 5.20. The topological polar surface area (TPSA) is 86.6 Å². The van der Waals surface area contributed by atoms with Crippen molar-refractivity contribution in [1.82, 2.24) is 5.32 Å². The van der Waals surface area contributed by atoms with Crippen LogP contribution in [-0.4, -0.2) is 34.7 Å². The Morgan fingerprint density at radius 2 is 1.70 bits per heavy atom. The van der Waals surface area contributed by atoms with Crippen LogP contribution in [0, 0.1) is 5.92 Å². The van der Waals surface area contributed by atoms with Crippen molar-refractivity contribution in [3.63, 3.8) is 0 Å². The molecule has 1 aliphatic carbocycles. The number of carboxylic acids is 1. The maximum Gasteiger partial charge on any atom is 0.335 e. The van der Waals surface area contributed by atoms with E-state index in [1.807, 2.05) is 0 Å². The molecule has 0 heterocycles. The van der Waals surface area contributed by atoms with Crippen LogP contribution in [0.5, 0.6) is 0 Å². The number of nitrogens with one attached hydrogen (secondary N) is 1. The Labute approximate surface area is 117 Å². The molecule has 3 N–H and O–H groups in total. The van der Waals surface area contributed by atoms with Crippen LogP contribution in [-0.2, 0) is 0 Å². The summed E-state index contributed by atoms with van der Waals surface area (Å²) in [5.41, 5.74) is 0.588. The number of carboxylic acid groups (broad SMARTS) is 1. The fraction of sp³-hybridized carbons (Fsp3) is 0.467. The molecule has 0 saturated heterocycles. The first-order valence-corrected chi connectivity index (χ1v) is 6.87. The van der Waals surface area contributed by atoms with E-state index in [2.05, 4.69) is 5.32 Å². The Morgan fingerprint density at radius 3 is 2.30 bits per heavy atom. The molecule has 1 aliphatic rings. The number of rotatable bonds is 4. The number of aromatic carboxylic acids is 1. The molecule has 1 saturated carbocycles. The first kappa shape index (κ1) is 14.5. The first-order chi connectivity index (χ1) is 9.58. The highest BCUT2D eigenvalue weighted by molar-refractivity contribution is 5.95. The van der Waals surface area contributed by atoms with Crippen LogP contribution in [0.2, 0.25) is 0 Å². The summed E-state index contributed by atoms with van der Waals surface area (Å²) in [4.78, 5) is 22.7. The third kappa shape index (κ3) is 3.57. The Hall–Kier alpha value is -1.88. The summed E-state index contributed by atoms with van der Waals surface area (Å²) in [6.07, 6.45) is 3.53. The molecule has 5 heteroatoms. The van der Waals surface area contributed by atoms with Crippen molar-refractivity contribution in [1.29, 1.82) is 0 Å². The number of hydrogen-bond acceptors (Lipinski definition) is 3. The molecule has 0 radical (unpaired) electrons. The van der Waals surface area contributed by atoms with Gasteiger partial charge in [0.2, 0.25) is 0 Å². The maximum atomic E-state index is 11.9. The van der Waals surface area contributed by atoms with Gasteiger partial charge in [0.05, 0.1) is 11.7 Å². The minimum Gasteiger partial charge on any atom is -0.478 e. The van der Waals surface area contributed by atoms with Gasteiger partial charge < -0.3 is 15.5 Å². The smallest absolute Gasteiger partial charge is 0.335 e. The van der Waals surface area contributed by atoms with Gasteiger partial charge >= 0.3 is 5.97 Å². The third-order valence-electron chi connectivity index (χ3n) is 3.79. The highest BCUT2D eigenvalue weighted by atomic mass is 16.4. The molecule has 2 atom stereocenters. The predicted octanol–water partition coefficient (Wildman–Crippen LogP) is 1.67. The van der Waals surface area contributed by atoms with Crippen LogP contribution in [0.4, 0.5) is 0 Å². The number of aliphatic hydroxyl groups is 1. The van der Waals surface area contributed by atoms with E-state index >= 15 is 0 Å². The van der Waals surface area contributed by atoms with Crippen molar-refractivity contribution in [2.24, 2.45) is 5.92 Å². The zero-order chi connectivity index (χ0) is 14.5.